The number of nitrogens with two attached hydrogens (primary N) is 1. The molecular formula is C14H22N2O2. The summed E-state index contributed by atoms with van der Waals surface area (Å²) in [7, 11) is 0. The number of aryl methyl sites for hydroxylation is 1. The van der Waals surface area contributed by atoms with Crippen molar-refractivity contribution < 1.29 is 4.92 Å². The summed E-state index contributed by atoms with van der Waals surface area (Å²) in [4.78, 5) is 10.2. The molecule has 0 heterocycles. The second kappa shape index (κ2) is 6.50. The van der Waals surface area contributed by atoms with E-state index in [2.05, 4.69) is 13.8 Å². The van der Waals surface area contributed by atoms with E-state index in [1.807, 2.05) is 19.1 Å². The van der Waals surface area contributed by atoms with Gasteiger partial charge in [-0.3, -0.25) is 10.1 Å². The highest BCUT2D eigenvalue weighted by atomic mass is 16.6. The molecule has 0 radical (unpaired) electrons. The first-order valence-electron chi connectivity index (χ1n) is 6.40. The Bertz CT molecular complexity index is 377. The van der Waals surface area contributed by atoms with Crippen LogP contribution in [0.25, 0.3) is 0 Å². The number of non-ortho nitro benzene ring substituents is 1. The number of rotatable bonds is 6. The van der Waals surface area contributed by atoms with E-state index in [-0.39, 0.29) is 16.7 Å². The maximum Gasteiger partial charge on any atom is 0.269 e. The summed E-state index contributed by atoms with van der Waals surface area (Å²) in [6, 6.07) is 6.97. The number of hydrogen-bond acceptors (Lipinski definition) is 3. The number of benzene rings is 1. The van der Waals surface area contributed by atoms with Crippen molar-refractivity contribution in [1.29, 1.82) is 0 Å². The van der Waals surface area contributed by atoms with Gasteiger partial charge < -0.3 is 5.73 Å². The predicted octanol–water partition coefficient (Wildman–Crippen LogP) is 3.15. The Morgan fingerprint density at radius 1 is 1.22 bits per heavy atom. The summed E-state index contributed by atoms with van der Waals surface area (Å²) in [5.74, 6) is 1.04. The van der Waals surface area contributed by atoms with E-state index in [4.69, 9.17) is 5.73 Å². The molecule has 1 rings (SSSR count). The molecule has 0 amide bonds. The minimum Gasteiger partial charge on any atom is -0.328 e. The average molecular weight is 250 g/mol. The average Bonchev–Trinajstić information content (AvgIpc) is 2.28. The fourth-order valence-corrected chi connectivity index (χ4v) is 2.32. The molecule has 0 saturated heterocycles. The lowest BCUT2D eigenvalue weighted by Gasteiger charge is -2.24. The topological polar surface area (TPSA) is 69.2 Å². The fraction of sp³-hybridized carbons (Fsp3) is 0.571. The van der Waals surface area contributed by atoms with E-state index < -0.39 is 0 Å². The third-order valence-electron chi connectivity index (χ3n) is 3.45. The summed E-state index contributed by atoms with van der Waals surface area (Å²) in [5, 5.41) is 10.5. The van der Waals surface area contributed by atoms with E-state index in [1.54, 1.807) is 12.1 Å². The van der Waals surface area contributed by atoms with Crippen LogP contribution in [0.2, 0.25) is 0 Å². The first-order valence-corrected chi connectivity index (χ1v) is 6.40. The maximum absolute atomic E-state index is 10.5. The van der Waals surface area contributed by atoms with Crippen molar-refractivity contribution in [3.63, 3.8) is 0 Å². The molecule has 4 heteroatoms. The number of nitro groups is 1. The summed E-state index contributed by atoms with van der Waals surface area (Å²) >= 11 is 0. The van der Waals surface area contributed by atoms with Crippen molar-refractivity contribution in [3.8, 4) is 0 Å². The van der Waals surface area contributed by atoms with E-state index in [0.29, 0.717) is 11.8 Å². The van der Waals surface area contributed by atoms with E-state index >= 15 is 0 Å². The summed E-state index contributed by atoms with van der Waals surface area (Å²) in [5.41, 5.74) is 7.25. The maximum atomic E-state index is 10.5. The number of hydrogen-bond donors (Lipinski definition) is 1. The highest BCUT2D eigenvalue weighted by molar-refractivity contribution is 5.32. The van der Waals surface area contributed by atoms with Gasteiger partial charge in [0.25, 0.3) is 5.69 Å². The second-order valence-corrected chi connectivity index (χ2v) is 5.23. The Hall–Kier alpha value is -1.42. The molecule has 2 unspecified atom stereocenters. The molecular weight excluding hydrogens is 228 g/mol. The van der Waals surface area contributed by atoms with Crippen molar-refractivity contribution in [2.75, 3.05) is 0 Å². The summed E-state index contributed by atoms with van der Waals surface area (Å²) < 4.78 is 0. The summed E-state index contributed by atoms with van der Waals surface area (Å²) in [6.45, 7) is 6.41. The standard InChI is InChI=1S/C14H22N2O2/c1-10(2)14(11(3)15)9-6-12-4-7-13(8-5-12)16(17)18/h4-5,7-8,10-11,14H,6,9,15H2,1-3H3. The van der Waals surface area contributed by atoms with Crippen LogP contribution < -0.4 is 5.73 Å². The Morgan fingerprint density at radius 3 is 2.17 bits per heavy atom. The molecule has 100 valence electrons. The van der Waals surface area contributed by atoms with Gasteiger partial charge in [-0.15, -0.1) is 0 Å². The lowest BCUT2D eigenvalue weighted by Crippen LogP contribution is -2.30. The van der Waals surface area contributed by atoms with Crippen molar-refractivity contribution in [1.82, 2.24) is 0 Å². The van der Waals surface area contributed by atoms with Crippen LogP contribution in [-0.2, 0) is 6.42 Å². The van der Waals surface area contributed by atoms with Crippen LogP contribution in [0.3, 0.4) is 0 Å². The minimum absolute atomic E-state index is 0.145. The molecule has 0 aliphatic heterocycles. The van der Waals surface area contributed by atoms with Crippen molar-refractivity contribution in [3.05, 3.63) is 39.9 Å². The van der Waals surface area contributed by atoms with Gasteiger partial charge in [-0.1, -0.05) is 26.0 Å². The molecule has 1 aromatic carbocycles. The Labute approximate surface area is 108 Å². The second-order valence-electron chi connectivity index (χ2n) is 5.23. The van der Waals surface area contributed by atoms with E-state index in [1.165, 1.54) is 0 Å². The highest BCUT2D eigenvalue weighted by Gasteiger charge is 2.17. The molecule has 1 aromatic rings. The van der Waals surface area contributed by atoms with Gasteiger partial charge in [0.05, 0.1) is 4.92 Å². The quantitative estimate of drug-likeness (QED) is 0.623. The van der Waals surface area contributed by atoms with Crippen LogP contribution >= 0.6 is 0 Å². The zero-order chi connectivity index (χ0) is 13.7. The molecule has 0 aromatic heterocycles. The molecule has 4 nitrogen and oxygen atoms in total. The lowest BCUT2D eigenvalue weighted by atomic mass is 9.85. The monoisotopic (exact) mass is 250 g/mol. The Kier molecular flexibility index (Phi) is 5.28. The first kappa shape index (κ1) is 14.6. The largest absolute Gasteiger partial charge is 0.328 e. The third-order valence-corrected chi connectivity index (χ3v) is 3.45. The molecule has 2 N–H and O–H groups in total. The molecule has 0 bridgehead atoms. The van der Waals surface area contributed by atoms with Gasteiger partial charge in [0.15, 0.2) is 0 Å². The van der Waals surface area contributed by atoms with Crippen LogP contribution in [0, 0.1) is 22.0 Å². The minimum atomic E-state index is -0.372. The highest BCUT2D eigenvalue weighted by Crippen LogP contribution is 2.21. The predicted molar refractivity (Wildman–Crippen MR) is 73.4 cm³/mol. The normalized spacial score (nSPS) is 14.5. The van der Waals surface area contributed by atoms with Crippen LogP contribution in [0.15, 0.2) is 24.3 Å². The molecule has 0 fully saturated rings. The van der Waals surface area contributed by atoms with E-state index in [0.717, 1.165) is 18.4 Å². The van der Waals surface area contributed by atoms with Gasteiger partial charge in [0, 0.05) is 18.2 Å². The molecule has 0 aliphatic rings. The molecule has 0 spiro atoms. The Balaban J connectivity index is 2.60. The van der Waals surface area contributed by atoms with Crippen LogP contribution in [0.4, 0.5) is 5.69 Å². The van der Waals surface area contributed by atoms with Crippen molar-refractivity contribution in [2.45, 2.75) is 39.7 Å². The lowest BCUT2D eigenvalue weighted by molar-refractivity contribution is -0.384. The van der Waals surface area contributed by atoms with Crippen molar-refractivity contribution >= 4 is 5.69 Å². The molecule has 2 atom stereocenters. The number of nitrogens with zero attached hydrogens (tertiary/aromatic N) is 1. The van der Waals surface area contributed by atoms with Gasteiger partial charge in [-0.05, 0) is 37.2 Å². The molecule has 18 heavy (non-hydrogen) atoms. The Morgan fingerprint density at radius 2 is 1.78 bits per heavy atom. The van der Waals surface area contributed by atoms with E-state index in [9.17, 15) is 10.1 Å². The SMILES string of the molecule is CC(C)C(CCc1ccc([N+](=O)[O-])cc1)C(C)N. The van der Waals surface area contributed by atoms with Gasteiger partial charge in [-0.2, -0.15) is 0 Å². The van der Waals surface area contributed by atoms with Crippen molar-refractivity contribution in [2.24, 2.45) is 17.6 Å². The fourth-order valence-electron chi connectivity index (χ4n) is 2.32. The van der Waals surface area contributed by atoms with Gasteiger partial charge in [-0.25, -0.2) is 0 Å². The van der Waals surface area contributed by atoms with Gasteiger partial charge in [0.2, 0.25) is 0 Å². The van der Waals surface area contributed by atoms with Gasteiger partial charge >= 0.3 is 0 Å². The first-order chi connectivity index (χ1) is 8.41. The smallest absolute Gasteiger partial charge is 0.269 e. The third kappa shape index (κ3) is 4.11. The zero-order valence-corrected chi connectivity index (χ0v) is 11.3. The van der Waals surface area contributed by atoms with Crippen LogP contribution in [0.1, 0.15) is 32.8 Å². The summed E-state index contributed by atoms with van der Waals surface area (Å²) in [6.07, 6.45) is 1.94. The zero-order valence-electron chi connectivity index (χ0n) is 11.3. The van der Waals surface area contributed by atoms with Crippen LogP contribution in [0.5, 0.6) is 0 Å². The number of nitro benzene ring substituents is 1. The van der Waals surface area contributed by atoms with Gasteiger partial charge in [0.1, 0.15) is 0 Å². The van der Waals surface area contributed by atoms with Crippen LogP contribution in [-0.4, -0.2) is 11.0 Å². The molecule has 0 saturated carbocycles. The molecule has 0 aliphatic carbocycles.